The van der Waals surface area contributed by atoms with E-state index < -0.39 is 18.2 Å². The van der Waals surface area contributed by atoms with Gasteiger partial charge in [0.1, 0.15) is 17.5 Å². The van der Waals surface area contributed by atoms with Gasteiger partial charge in [0.2, 0.25) is 0 Å². The van der Waals surface area contributed by atoms with Crippen LogP contribution in [0.3, 0.4) is 0 Å². The normalized spacial score (nSPS) is 21.2. The molecule has 0 saturated heterocycles. The fourth-order valence-corrected chi connectivity index (χ4v) is 3.78. The minimum absolute atomic E-state index is 0.0194. The molecule has 0 unspecified atom stereocenters. The maximum atomic E-state index is 13.0. The Bertz CT molecular complexity index is 1010. The molecular weight excluding hydrogens is 387 g/mol. The van der Waals surface area contributed by atoms with Gasteiger partial charge >= 0.3 is 6.03 Å². The van der Waals surface area contributed by atoms with E-state index in [0.29, 0.717) is 24.4 Å². The highest BCUT2D eigenvalue weighted by molar-refractivity contribution is 5.89. The first kappa shape index (κ1) is 20.0. The Kier molecular flexibility index (Phi) is 5.71. The van der Waals surface area contributed by atoms with Gasteiger partial charge in [-0.1, -0.05) is 0 Å². The van der Waals surface area contributed by atoms with Gasteiger partial charge in [0, 0.05) is 17.8 Å². The smallest absolute Gasteiger partial charge is 0.319 e. The van der Waals surface area contributed by atoms with E-state index in [2.05, 4.69) is 25.7 Å². The van der Waals surface area contributed by atoms with Gasteiger partial charge < -0.3 is 15.7 Å². The lowest BCUT2D eigenvalue weighted by Crippen LogP contribution is -2.48. The van der Waals surface area contributed by atoms with Crippen molar-refractivity contribution in [3.8, 4) is 5.69 Å². The Morgan fingerprint density at radius 1 is 1.23 bits per heavy atom. The summed E-state index contributed by atoms with van der Waals surface area (Å²) in [5.41, 5.74) is 1.29. The number of halogens is 1. The molecule has 30 heavy (non-hydrogen) atoms. The number of aryl methyl sites for hydroxylation is 1. The van der Waals surface area contributed by atoms with Crippen molar-refractivity contribution in [2.24, 2.45) is 0 Å². The molecule has 1 aliphatic rings. The van der Waals surface area contributed by atoms with E-state index in [1.165, 1.54) is 24.3 Å². The summed E-state index contributed by atoms with van der Waals surface area (Å²) in [6.45, 7) is 1.83. The summed E-state index contributed by atoms with van der Waals surface area (Å²) in [4.78, 5) is 21.1. The summed E-state index contributed by atoms with van der Waals surface area (Å²) in [7, 11) is 0. The number of rotatable bonds is 4. The van der Waals surface area contributed by atoms with Gasteiger partial charge in [-0.3, -0.25) is 4.98 Å². The topological polar surface area (TPSA) is 105 Å². The number of pyridine rings is 1. The predicted octanol–water partition coefficient (Wildman–Crippen LogP) is 2.93. The first-order chi connectivity index (χ1) is 14.5. The average Bonchev–Trinajstić information content (AvgIpc) is 3.14. The molecule has 4 rings (SSSR count). The fourth-order valence-electron chi connectivity index (χ4n) is 3.78. The van der Waals surface area contributed by atoms with Crippen LogP contribution in [0.1, 0.15) is 36.8 Å². The van der Waals surface area contributed by atoms with E-state index in [1.54, 1.807) is 17.1 Å². The maximum Gasteiger partial charge on any atom is 0.319 e. The lowest BCUT2D eigenvalue weighted by molar-refractivity contribution is 0.0864. The Labute approximate surface area is 173 Å². The fraction of sp³-hybridized carbons (Fsp3) is 0.333. The molecule has 8 nitrogen and oxygen atoms in total. The summed E-state index contributed by atoms with van der Waals surface area (Å²) >= 11 is 0. The van der Waals surface area contributed by atoms with Crippen LogP contribution in [0.2, 0.25) is 0 Å². The second-order valence-corrected chi connectivity index (χ2v) is 7.43. The van der Waals surface area contributed by atoms with E-state index in [1.807, 2.05) is 19.1 Å². The lowest BCUT2D eigenvalue weighted by Gasteiger charge is -2.33. The molecule has 0 bridgehead atoms. The monoisotopic (exact) mass is 410 g/mol. The number of carbonyl (C=O) groups excluding carboxylic acids is 1. The highest BCUT2D eigenvalue weighted by atomic mass is 19.1. The first-order valence-electron chi connectivity index (χ1n) is 9.84. The predicted molar refractivity (Wildman–Crippen MR) is 109 cm³/mol. The minimum atomic E-state index is -0.656. The van der Waals surface area contributed by atoms with Crippen LogP contribution in [0.25, 0.3) is 5.69 Å². The Hall–Kier alpha value is -3.33. The lowest BCUT2D eigenvalue weighted by atomic mass is 9.83. The molecule has 0 aliphatic heterocycles. The van der Waals surface area contributed by atoms with Gasteiger partial charge in [-0.05, 0) is 62.6 Å². The Morgan fingerprint density at radius 3 is 2.77 bits per heavy atom. The van der Waals surface area contributed by atoms with E-state index in [-0.39, 0.29) is 11.7 Å². The quantitative estimate of drug-likeness (QED) is 0.613. The number of hydrogen-bond donors (Lipinski definition) is 3. The molecule has 1 aromatic carbocycles. The molecular formula is C21H23FN6O2. The molecule has 1 aliphatic carbocycles. The molecule has 156 valence electrons. The average molecular weight is 410 g/mol. The van der Waals surface area contributed by atoms with Crippen LogP contribution in [0.15, 0.2) is 48.8 Å². The van der Waals surface area contributed by atoms with Crippen molar-refractivity contribution in [1.29, 1.82) is 0 Å². The molecule has 3 aromatic rings. The van der Waals surface area contributed by atoms with Crippen LogP contribution in [0.5, 0.6) is 0 Å². The molecule has 1 saturated carbocycles. The standard InChI is InChI=1S/C21H23FN6O2/c1-13-24-20(28(27-13)17-3-2-10-23-12-17)14-4-9-19(29)18(11-14)26-21(30)25-16-7-5-15(22)6-8-16/h2-3,5-8,10,12,14,18-19,29H,4,9,11H2,1H3,(H2,25,26,30)/t14-,18+,19+/m0/s1. The molecule has 3 N–H and O–H groups in total. The van der Waals surface area contributed by atoms with Crippen LogP contribution < -0.4 is 10.6 Å². The van der Waals surface area contributed by atoms with Crippen molar-refractivity contribution >= 4 is 11.7 Å². The van der Waals surface area contributed by atoms with Gasteiger partial charge in [-0.15, -0.1) is 0 Å². The molecule has 9 heteroatoms. The van der Waals surface area contributed by atoms with Crippen LogP contribution in [-0.2, 0) is 0 Å². The zero-order chi connectivity index (χ0) is 21.1. The number of amides is 2. The van der Waals surface area contributed by atoms with Crippen molar-refractivity contribution in [2.75, 3.05) is 5.32 Å². The molecule has 0 radical (unpaired) electrons. The van der Waals surface area contributed by atoms with Gasteiger partial charge in [0.05, 0.1) is 24.0 Å². The van der Waals surface area contributed by atoms with E-state index in [9.17, 15) is 14.3 Å². The number of aromatic nitrogens is 4. The third-order valence-electron chi connectivity index (χ3n) is 5.23. The third kappa shape index (κ3) is 4.46. The number of urea groups is 1. The summed E-state index contributed by atoms with van der Waals surface area (Å²) in [5, 5.41) is 20.4. The van der Waals surface area contributed by atoms with Crippen molar-refractivity contribution in [2.45, 2.75) is 44.2 Å². The summed E-state index contributed by atoms with van der Waals surface area (Å²) in [6, 6.07) is 8.37. The minimum Gasteiger partial charge on any atom is -0.391 e. The van der Waals surface area contributed by atoms with Crippen molar-refractivity contribution in [3.63, 3.8) is 0 Å². The number of benzene rings is 1. The molecule has 1 fully saturated rings. The Morgan fingerprint density at radius 2 is 2.03 bits per heavy atom. The van der Waals surface area contributed by atoms with Crippen LogP contribution in [-0.4, -0.2) is 43.0 Å². The summed E-state index contributed by atoms with van der Waals surface area (Å²) in [5.74, 6) is 1.09. The van der Waals surface area contributed by atoms with Gasteiger partial charge in [0.15, 0.2) is 0 Å². The number of nitrogens with one attached hydrogen (secondary N) is 2. The largest absolute Gasteiger partial charge is 0.391 e. The zero-order valence-corrected chi connectivity index (χ0v) is 16.5. The third-order valence-corrected chi connectivity index (χ3v) is 5.23. The number of nitrogens with zero attached hydrogens (tertiary/aromatic N) is 4. The van der Waals surface area contributed by atoms with Crippen LogP contribution in [0, 0.1) is 12.7 Å². The number of anilines is 1. The van der Waals surface area contributed by atoms with Crippen molar-refractivity contribution in [3.05, 3.63) is 66.3 Å². The first-order valence-corrected chi connectivity index (χ1v) is 9.84. The second-order valence-electron chi connectivity index (χ2n) is 7.43. The second kappa shape index (κ2) is 8.58. The molecule has 0 spiro atoms. The van der Waals surface area contributed by atoms with E-state index >= 15 is 0 Å². The van der Waals surface area contributed by atoms with Gasteiger partial charge in [-0.2, -0.15) is 5.10 Å². The highest BCUT2D eigenvalue weighted by Gasteiger charge is 2.34. The van der Waals surface area contributed by atoms with Gasteiger partial charge in [-0.25, -0.2) is 18.9 Å². The van der Waals surface area contributed by atoms with Gasteiger partial charge in [0.25, 0.3) is 0 Å². The maximum absolute atomic E-state index is 13.0. The summed E-state index contributed by atoms with van der Waals surface area (Å²) in [6.07, 6.45) is 4.56. The number of carbonyl (C=O) groups is 1. The van der Waals surface area contributed by atoms with Crippen LogP contribution in [0.4, 0.5) is 14.9 Å². The SMILES string of the molecule is Cc1nc([C@H]2CC[C@@H](O)[C@H](NC(=O)Nc3ccc(F)cc3)C2)n(-c2cccnc2)n1. The van der Waals surface area contributed by atoms with E-state index in [0.717, 1.165) is 17.9 Å². The highest BCUT2D eigenvalue weighted by Crippen LogP contribution is 2.33. The van der Waals surface area contributed by atoms with Crippen molar-refractivity contribution < 1.29 is 14.3 Å². The Balaban J connectivity index is 1.47. The summed E-state index contributed by atoms with van der Waals surface area (Å²) < 4.78 is 14.8. The molecule has 2 aromatic heterocycles. The van der Waals surface area contributed by atoms with Crippen molar-refractivity contribution in [1.82, 2.24) is 25.1 Å². The molecule has 2 amide bonds. The number of aliphatic hydroxyl groups is 1. The van der Waals surface area contributed by atoms with E-state index in [4.69, 9.17) is 0 Å². The molecule has 3 atom stereocenters. The number of hydrogen-bond acceptors (Lipinski definition) is 5. The van der Waals surface area contributed by atoms with Crippen LogP contribution >= 0.6 is 0 Å². The number of aliphatic hydroxyl groups excluding tert-OH is 1. The zero-order valence-electron chi connectivity index (χ0n) is 16.5. The molecule has 2 heterocycles.